The number of carbonyl (C=O) groups is 8. The van der Waals surface area contributed by atoms with E-state index in [1.54, 1.807) is 49.5 Å². The van der Waals surface area contributed by atoms with Crippen LogP contribution in [0.4, 0.5) is 0 Å². The number of nitrogens with one attached hydrogen (secondary N) is 3. The second-order valence-electron chi connectivity index (χ2n) is 22.3. The van der Waals surface area contributed by atoms with Crippen LogP contribution in [-0.4, -0.2) is 149 Å². The number of rotatable bonds is 29. The minimum Gasteiger partial charge on any atom is -0.493 e. The highest BCUT2D eigenvalue weighted by molar-refractivity contribution is 6.24. The molecule has 0 saturated carbocycles. The fraction of sp³-hybridized carbons (Fsp3) is 0.492. The SMILES string of the molecule is CC[C@H](C(=O)N1CCCC[C@H]1C(=O)O[C@H](CCc1ccc(OC)c(OC)c1)c1cccc(OCC(=O)NCCC(C)(C)OCCC(C)(C)NC(=O)COc2cccc3c2C(=O)N(C2CCC(=O)NC2=O)C3=O)c1)c1cc(OC)c(OC)c(OC)c1. The first-order chi connectivity index (χ1) is 40.6. The van der Waals surface area contributed by atoms with Gasteiger partial charge in [-0.15, -0.1) is 0 Å². The van der Waals surface area contributed by atoms with E-state index in [-0.39, 0.29) is 61.3 Å². The zero-order valence-corrected chi connectivity index (χ0v) is 50.2. The topological polar surface area (TPSA) is 262 Å². The van der Waals surface area contributed by atoms with E-state index in [1.807, 2.05) is 58.9 Å². The molecule has 3 aliphatic rings. The first-order valence-electron chi connectivity index (χ1n) is 28.6. The fourth-order valence-corrected chi connectivity index (χ4v) is 10.7. The molecular weight excluding hydrogens is 1100 g/mol. The minimum atomic E-state index is -1.14. The summed E-state index contributed by atoms with van der Waals surface area (Å²) in [6.07, 6.45) is 3.21. The van der Waals surface area contributed by atoms with E-state index < -0.39 is 77.4 Å². The summed E-state index contributed by atoms with van der Waals surface area (Å²) >= 11 is 0. The van der Waals surface area contributed by atoms with E-state index in [1.165, 1.54) is 39.5 Å². The smallest absolute Gasteiger partial charge is 0.329 e. The molecule has 0 aliphatic carbocycles. The molecule has 85 heavy (non-hydrogen) atoms. The number of fused-ring (bicyclic) bond motifs is 1. The van der Waals surface area contributed by atoms with E-state index in [9.17, 15) is 38.4 Å². The first-order valence-corrected chi connectivity index (χ1v) is 28.6. The third kappa shape index (κ3) is 16.1. The van der Waals surface area contributed by atoms with Crippen molar-refractivity contribution in [2.45, 2.75) is 134 Å². The Bertz CT molecular complexity index is 3080. The van der Waals surface area contributed by atoms with Crippen molar-refractivity contribution in [2.75, 3.05) is 68.5 Å². The van der Waals surface area contributed by atoms with Crippen LogP contribution >= 0.6 is 0 Å². The second kappa shape index (κ2) is 28.9. The quantitative estimate of drug-likeness (QED) is 0.0366. The predicted molar refractivity (Wildman–Crippen MR) is 310 cm³/mol. The van der Waals surface area contributed by atoms with E-state index in [2.05, 4.69) is 16.0 Å². The monoisotopic (exact) mass is 1180 g/mol. The number of benzene rings is 4. The van der Waals surface area contributed by atoms with Gasteiger partial charge >= 0.3 is 5.97 Å². The molecule has 4 aromatic carbocycles. The van der Waals surface area contributed by atoms with Gasteiger partial charge in [0, 0.05) is 31.7 Å². The van der Waals surface area contributed by atoms with Crippen LogP contribution in [0.3, 0.4) is 0 Å². The van der Waals surface area contributed by atoms with Crippen LogP contribution in [0.25, 0.3) is 0 Å². The van der Waals surface area contributed by atoms with E-state index in [0.29, 0.717) is 90.7 Å². The van der Waals surface area contributed by atoms with Crippen LogP contribution in [0.1, 0.15) is 142 Å². The first kappa shape index (κ1) is 64.2. The summed E-state index contributed by atoms with van der Waals surface area (Å²) < 4.78 is 52.2. The zero-order valence-electron chi connectivity index (χ0n) is 50.2. The molecule has 0 radical (unpaired) electrons. The molecule has 0 bridgehead atoms. The Hall–Kier alpha value is -8.40. The van der Waals surface area contributed by atoms with Gasteiger partial charge in [0.1, 0.15) is 29.7 Å². The fourth-order valence-electron chi connectivity index (χ4n) is 10.7. The molecule has 1 unspecified atom stereocenters. The van der Waals surface area contributed by atoms with E-state index >= 15 is 0 Å². The van der Waals surface area contributed by atoms with Crippen LogP contribution < -0.4 is 49.1 Å². The highest BCUT2D eigenvalue weighted by Crippen LogP contribution is 2.42. The van der Waals surface area contributed by atoms with Crippen LogP contribution in [-0.2, 0) is 44.7 Å². The van der Waals surface area contributed by atoms with Crippen molar-refractivity contribution in [1.29, 1.82) is 0 Å². The molecule has 3 N–H and O–H groups in total. The maximum Gasteiger partial charge on any atom is 0.329 e. The Morgan fingerprint density at radius 1 is 0.718 bits per heavy atom. The summed E-state index contributed by atoms with van der Waals surface area (Å²) in [4.78, 5) is 109. The maximum atomic E-state index is 14.6. The molecular formula is C63H79N5O17. The summed E-state index contributed by atoms with van der Waals surface area (Å²) in [5, 5.41) is 7.98. The van der Waals surface area contributed by atoms with Crippen LogP contribution in [0.15, 0.2) is 72.8 Å². The number of hydrogen-bond acceptors (Lipinski definition) is 17. The van der Waals surface area contributed by atoms with Crippen LogP contribution in [0.2, 0.25) is 0 Å². The number of carbonyl (C=O) groups excluding carboxylic acids is 8. The van der Waals surface area contributed by atoms with Gasteiger partial charge in [0.25, 0.3) is 23.6 Å². The molecule has 2 fully saturated rings. The molecule has 0 spiro atoms. The van der Waals surface area contributed by atoms with E-state index in [4.69, 9.17) is 42.6 Å². The lowest BCUT2D eigenvalue weighted by Crippen LogP contribution is -2.54. The van der Waals surface area contributed by atoms with Crippen molar-refractivity contribution in [1.82, 2.24) is 25.8 Å². The summed E-state index contributed by atoms with van der Waals surface area (Å²) in [7, 11) is 7.68. The van der Waals surface area contributed by atoms with Crippen molar-refractivity contribution in [3.8, 4) is 40.2 Å². The standard InChI is InChI=1S/C63H79N5O17/c1-11-42(40-34-50(79-8)56(81-10)51(35-40)80-9)58(73)67-30-13-12-19-45(67)61(76)85-46(24-21-38-22-25-47(77-6)49(32-38)78-7)39-16-14-17-41(33-39)82-36-53(70)64-29-27-63(4,5)84-31-28-62(2,3)66-54(71)37-83-48-20-15-18-43-55(48)60(75)68(59(43)74)44-23-26-52(69)65-57(44)72/h14-18,20,22,25,32-35,42,44-46H,11-13,19,21,23-24,26-31,36-37H2,1-10H3,(H,64,70)(H,66,71)(H,65,69,72)/t42-,44?,45-,46+/m0/s1. The number of imide groups is 2. The number of nitrogens with zero attached hydrogens (tertiary/aromatic N) is 2. The van der Waals surface area contributed by atoms with Gasteiger partial charge in [0.15, 0.2) is 36.2 Å². The van der Waals surface area contributed by atoms with Gasteiger partial charge in [-0.25, -0.2) is 4.79 Å². The third-order valence-electron chi connectivity index (χ3n) is 15.4. The largest absolute Gasteiger partial charge is 0.493 e. The van der Waals surface area contributed by atoms with Crippen molar-refractivity contribution < 1.29 is 81.0 Å². The molecule has 4 aromatic rings. The molecule has 2 saturated heterocycles. The summed E-state index contributed by atoms with van der Waals surface area (Å²) in [5.74, 6) is -2.10. The normalized spacial score (nSPS) is 16.8. The summed E-state index contributed by atoms with van der Waals surface area (Å²) in [6, 6.07) is 18.6. The Balaban J connectivity index is 0.912. The lowest BCUT2D eigenvalue weighted by molar-refractivity contribution is -0.162. The molecule has 4 atom stereocenters. The Kier molecular flexibility index (Phi) is 21.8. The van der Waals surface area contributed by atoms with Gasteiger partial charge in [0.05, 0.1) is 58.2 Å². The van der Waals surface area contributed by atoms with Crippen LogP contribution in [0.5, 0.6) is 40.2 Å². The lowest BCUT2D eigenvalue weighted by Gasteiger charge is -2.37. The number of ether oxygens (including phenoxy) is 9. The predicted octanol–water partition coefficient (Wildman–Crippen LogP) is 6.97. The molecule has 22 nitrogen and oxygen atoms in total. The number of piperidine rings is 2. The maximum absolute atomic E-state index is 14.6. The van der Waals surface area contributed by atoms with Crippen LogP contribution in [0, 0.1) is 0 Å². The third-order valence-corrected chi connectivity index (χ3v) is 15.4. The molecule has 7 amide bonds. The molecule has 0 aromatic heterocycles. The van der Waals surface area contributed by atoms with Crippen molar-refractivity contribution in [3.63, 3.8) is 0 Å². The summed E-state index contributed by atoms with van der Waals surface area (Å²) in [5.41, 5.74) is 0.761. The van der Waals surface area contributed by atoms with Crippen molar-refractivity contribution in [3.05, 3.63) is 101 Å². The highest BCUT2D eigenvalue weighted by Gasteiger charge is 2.46. The van der Waals surface area contributed by atoms with Gasteiger partial charge in [0.2, 0.25) is 23.5 Å². The van der Waals surface area contributed by atoms with Crippen molar-refractivity contribution >= 4 is 47.3 Å². The minimum absolute atomic E-state index is 0.00294. The zero-order chi connectivity index (χ0) is 61.6. The number of methoxy groups -OCH3 is 5. The van der Waals surface area contributed by atoms with Gasteiger partial charge in [-0.3, -0.25) is 43.8 Å². The van der Waals surface area contributed by atoms with Gasteiger partial charge in [-0.2, -0.15) is 0 Å². The molecule has 3 heterocycles. The van der Waals surface area contributed by atoms with Gasteiger partial charge in [-0.05, 0) is 151 Å². The van der Waals surface area contributed by atoms with Gasteiger partial charge in [-0.1, -0.05) is 31.2 Å². The Labute approximate surface area is 495 Å². The summed E-state index contributed by atoms with van der Waals surface area (Å²) in [6.45, 7) is 9.48. The Morgan fingerprint density at radius 3 is 2.11 bits per heavy atom. The van der Waals surface area contributed by atoms with Gasteiger partial charge < -0.3 is 58.2 Å². The lowest BCUT2D eigenvalue weighted by atomic mass is 9.91. The number of likely N-dealkylation sites (tertiary alicyclic amines) is 1. The average Bonchev–Trinajstić information content (AvgIpc) is 3.76. The molecule has 3 aliphatic heterocycles. The molecule has 458 valence electrons. The number of aryl methyl sites for hydroxylation is 1. The number of amides is 7. The van der Waals surface area contributed by atoms with Crippen molar-refractivity contribution in [2.24, 2.45) is 0 Å². The molecule has 22 heteroatoms. The number of hydrogen-bond donors (Lipinski definition) is 3. The number of esters is 1. The average molecular weight is 1180 g/mol. The Morgan fingerprint density at radius 2 is 1.42 bits per heavy atom. The second-order valence-corrected chi connectivity index (χ2v) is 22.3. The highest BCUT2D eigenvalue weighted by atomic mass is 16.6. The molecule has 7 rings (SSSR count). The van der Waals surface area contributed by atoms with E-state index in [0.717, 1.165) is 23.3 Å².